The summed E-state index contributed by atoms with van der Waals surface area (Å²) in [6.45, 7) is 5.39. The van der Waals surface area contributed by atoms with Gasteiger partial charge in [0.05, 0.1) is 0 Å². The van der Waals surface area contributed by atoms with Crippen LogP contribution >= 0.6 is 0 Å². The summed E-state index contributed by atoms with van der Waals surface area (Å²) < 4.78 is 0. The predicted molar refractivity (Wildman–Crippen MR) is 105 cm³/mol. The molecule has 0 aliphatic carbocycles. The van der Waals surface area contributed by atoms with Crippen molar-refractivity contribution in [2.75, 3.05) is 29.9 Å². The highest BCUT2D eigenvalue weighted by molar-refractivity contribution is 5.48. The molecule has 1 N–H and O–H groups in total. The summed E-state index contributed by atoms with van der Waals surface area (Å²) >= 11 is 0. The fourth-order valence-electron chi connectivity index (χ4n) is 3.52. The Balaban J connectivity index is 1.49. The van der Waals surface area contributed by atoms with Gasteiger partial charge < -0.3 is 10.2 Å². The second-order valence-electron chi connectivity index (χ2n) is 7.02. The Morgan fingerprint density at radius 1 is 1.08 bits per heavy atom. The van der Waals surface area contributed by atoms with Crippen LogP contribution in [-0.4, -0.2) is 29.6 Å². The molecule has 134 valence electrons. The molecule has 2 aromatic rings. The Labute approximate surface area is 151 Å². The molecule has 1 aliphatic heterocycles. The van der Waals surface area contributed by atoms with Gasteiger partial charge in [-0.25, -0.2) is 9.97 Å². The van der Waals surface area contributed by atoms with E-state index in [-0.39, 0.29) is 0 Å². The van der Waals surface area contributed by atoms with Gasteiger partial charge in [-0.2, -0.15) is 0 Å². The van der Waals surface area contributed by atoms with Crippen molar-refractivity contribution in [3.63, 3.8) is 0 Å². The monoisotopic (exact) mass is 338 g/mol. The van der Waals surface area contributed by atoms with E-state index in [0.29, 0.717) is 0 Å². The fourth-order valence-corrected chi connectivity index (χ4v) is 3.52. The SMILES string of the molecule is CCCCCNc1cc(N2CCC(Cc3ccccc3)CC2)ncn1. The lowest BCUT2D eigenvalue weighted by atomic mass is 9.90. The van der Waals surface area contributed by atoms with Gasteiger partial charge in [-0.1, -0.05) is 50.1 Å². The zero-order chi connectivity index (χ0) is 17.3. The lowest BCUT2D eigenvalue weighted by molar-refractivity contribution is 0.402. The first-order valence-electron chi connectivity index (χ1n) is 9.70. The third-order valence-electron chi connectivity index (χ3n) is 5.04. The van der Waals surface area contributed by atoms with Crippen molar-refractivity contribution < 1.29 is 0 Å². The summed E-state index contributed by atoms with van der Waals surface area (Å²) in [7, 11) is 0. The molecule has 0 saturated carbocycles. The Morgan fingerprint density at radius 2 is 1.88 bits per heavy atom. The molecule has 1 aromatic heterocycles. The molecule has 2 heterocycles. The third kappa shape index (κ3) is 5.45. The Kier molecular flexibility index (Phi) is 6.66. The minimum Gasteiger partial charge on any atom is -0.370 e. The van der Waals surface area contributed by atoms with E-state index in [4.69, 9.17) is 0 Å². The summed E-state index contributed by atoms with van der Waals surface area (Å²) in [4.78, 5) is 11.2. The third-order valence-corrected chi connectivity index (χ3v) is 5.04. The number of rotatable bonds is 8. The van der Waals surface area contributed by atoms with Crippen LogP contribution in [0.2, 0.25) is 0 Å². The molecule has 1 aromatic carbocycles. The summed E-state index contributed by atoms with van der Waals surface area (Å²) in [5, 5.41) is 3.42. The molecule has 1 saturated heterocycles. The van der Waals surface area contributed by atoms with Crippen LogP contribution in [0.5, 0.6) is 0 Å². The van der Waals surface area contributed by atoms with E-state index < -0.39 is 0 Å². The lowest BCUT2D eigenvalue weighted by Crippen LogP contribution is -2.34. The maximum absolute atomic E-state index is 4.49. The number of aromatic nitrogens is 2. The summed E-state index contributed by atoms with van der Waals surface area (Å²) in [5.74, 6) is 2.80. The molecule has 0 unspecified atom stereocenters. The number of nitrogens with one attached hydrogen (secondary N) is 1. The van der Waals surface area contributed by atoms with Gasteiger partial charge in [-0.05, 0) is 37.2 Å². The lowest BCUT2D eigenvalue weighted by Gasteiger charge is -2.33. The first-order valence-corrected chi connectivity index (χ1v) is 9.70. The number of nitrogens with zero attached hydrogens (tertiary/aromatic N) is 3. The molecule has 25 heavy (non-hydrogen) atoms. The van der Waals surface area contributed by atoms with Crippen LogP contribution < -0.4 is 10.2 Å². The molecule has 1 aliphatic rings. The van der Waals surface area contributed by atoms with Crippen molar-refractivity contribution >= 4 is 11.6 Å². The number of piperidine rings is 1. The van der Waals surface area contributed by atoms with Crippen molar-refractivity contribution in [1.82, 2.24) is 9.97 Å². The second kappa shape index (κ2) is 9.40. The average molecular weight is 338 g/mol. The van der Waals surface area contributed by atoms with Gasteiger partial charge in [0.15, 0.2) is 0 Å². The fraction of sp³-hybridized carbons (Fsp3) is 0.524. The molecule has 0 radical (unpaired) electrons. The van der Waals surface area contributed by atoms with E-state index >= 15 is 0 Å². The van der Waals surface area contributed by atoms with Crippen molar-refractivity contribution in [3.8, 4) is 0 Å². The van der Waals surface area contributed by atoms with Crippen molar-refractivity contribution in [2.24, 2.45) is 5.92 Å². The smallest absolute Gasteiger partial charge is 0.134 e. The molecule has 3 rings (SSSR count). The molecule has 0 amide bonds. The van der Waals surface area contributed by atoms with Gasteiger partial charge >= 0.3 is 0 Å². The van der Waals surface area contributed by atoms with Gasteiger partial charge in [0.1, 0.15) is 18.0 Å². The highest BCUT2D eigenvalue weighted by atomic mass is 15.2. The Morgan fingerprint density at radius 3 is 2.64 bits per heavy atom. The maximum Gasteiger partial charge on any atom is 0.134 e. The van der Waals surface area contributed by atoms with Crippen LogP contribution in [0.4, 0.5) is 11.6 Å². The number of anilines is 2. The molecular formula is C21H30N4. The largest absolute Gasteiger partial charge is 0.370 e. The quantitative estimate of drug-likeness (QED) is 0.718. The van der Waals surface area contributed by atoms with Crippen LogP contribution in [0, 0.1) is 5.92 Å². The standard InChI is InChI=1S/C21H30N4/c1-2-3-7-12-22-20-16-21(24-17-23-20)25-13-10-19(11-14-25)15-18-8-5-4-6-9-18/h4-6,8-9,16-17,19H,2-3,7,10-15H2,1H3,(H,22,23,24). The van der Waals surface area contributed by atoms with Gasteiger partial charge in [-0.3, -0.25) is 0 Å². The number of hydrogen-bond donors (Lipinski definition) is 1. The zero-order valence-electron chi connectivity index (χ0n) is 15.3. The Bertz CT molecular complexity index is 621. The summed E-state index contributed by atoms with van der Waals surface area (Å²) in [6, 6.07) is 13.0. The van der Waals surface area contributed by atoms with Crippen LogP contribution in [0.1, 0.15) is 44.6 Å². The van der Waals surface area contributed by atoms with Gasteiger partial charge in [-0.15, -0.1) is 0 Å². The maximum atomic E-state index is 4.49. The van der Waals surface area contributed by atoms with E-state index in [1.54, 1.807) is 6.33 Å². The number of hydrogen-bond acceptors (Lipinski definition) is 4. The van der Waals surface area contributed by atoms with Crippen molar-refractivity contribution in [3.05, 3.63) is 48.3 Å². The van der Waals surface area contributed by atoms with Gasteiger partial charge in [0.25, 0.3) is 0 Å². The second-order valence-corrected chi connectivity index (χ2v) is 7.02. The van der Waals surface area contributed by atoms with Crippen molar-refractivity contribution in [1.29, 1.82) is 0 Å². The molecule has 0 bridgehead atoms. The molecule has 0 spiro atoms. The molecule has 1 fully saturated rings. The first kappa shape index (κ1) is 17.7. The Hall–Kier alpha value is -2.10. The van der Waals surface area contributed by atoms with E-state index in [0.717, 1.165) is 37.2 Å². The van der Waals surface area contributed by atoms with Gasteiger partial charge in [0, 0.05) is 25.7 Å². The van der Waals surface area contributed by atoms with Gasteiger partial charge in [0.2, 0.25) is 0 Å². The normalized spacial score (nSPS) is 15.3. The molecule has 4 heteroatoms. The van der Waals surface area contributed by atoms with E-state index in [2.05, 4.69) is 63.5 Å². The first-order chi connectivity index (χ1) is 12.3. The number of benzene rings is 1. The predicted octanol–water partition coefficient (Wildman–Crippen LogP) is 4.54. The molecule has 0 atom stereocenters. The van der Waals surface area contributed by atoms with E-state index in [1.165, 1.54) is 44.1 Å². The zero-order valence-corrected chi connectivity index (χ0v) is 15.3. The van der Waals surface area contributed by atoms with Crippen LogP contribution in [0.3, 0.4) is 0 Å². The molecule has 4 nitrogen and oxygen atoms in total. The highest BCUT2D eigenvalue weighted by Crippen LogP contribution is 2.25. The minimum atomic E-state index is 0.784. The molecular weight excluding hydrogens is 308 g/mol. The number of unbranched alkanes of at least 4 members (excludes halogenated alkanes) is 2. The van der Waals surface area contributed by atoms with Crippen LogP contribution in [-0.2, 0) is 6.42 Å². The highest BCUT2D eigenvalue weighted by Gasteiger charge is 2.20. The summed E-state index contributed by atoms with van der Waals surface area (Å²) in [6.07, 6.45) is 9.06. The van der Waals surface area contributed by atoms with E-state index in [1.807, 2.05) is 0 Å². The van der Waals surface area contributed by atoms with Crippen molar-refractivity contribution in [2.45, 2.75) is 45.4 Å². The minimum absolute atomic E-state index is 0.784. The average Bonchev–Trinajstić information content (AvgIpc) is 2.67. The topological polar surface area (TPSA) is 41.0 Å². The summed E-state index contributed by atoms with van der Waals surface area (Å²) in [5.41, 5.74) is 1.46. The van der Waals surface area contributed by atoms with Crippen LogP contribution in [0.25, 0.3) is 0 Å². The van der Waals surface area contributed by atoms with E-state index in [9.17, 15) is 0 Å². The van der Waals surface area contributed by atoms with Crippen LogP contribution in [0.15, 0.2) is 42.7 Å².